The molecule has 3 heterocycles. The minimum Gasteiger partial charge on any atom is -0.401 e. The minimum atomic E-state index is -0.635. The maximum absolute atomic E-state index is 12.3. The number of hydrogen-bond acceptors (Lipinski definition) is 8. The number of H-pyrrole nitrogens is 1. The van der Waals surface area contributed by atoms with Crippen molar-refractivity contribution in [1.29, 1.82) is 0 Å². The lowest BCUT2D eigenvalue weighted by Crippen LogP contribution is -2.29. The molecule has 0 saturated heterocycles. The van der Waals surface area contributed by atoms with Gasteiger partial charge in [-0.25, -0.2) is 10.2 Å². The van der Waals surface area contributed by atoms with Crippen molar-refractivity contribution in [3.8, 4) is 0 Å². The van der Waals surface area contributed by atoms with E-state index in [1.165, 1.54) is 46.7 Å². The van der Waals surface area contributed by atoms with Crippen molar-refractivity contribution in [2.45, 2.75) is 13.5 Å². The van der Waals surface area contributed by atoms with E-state index in [2.05, 4.69) is 20.5 Å². The van der Waals surface area contributed by atoms with Gasteiger partial charge in [0.15, 0.2) is 11.2 Å². The van der Waals surface area contributed by atoms with E-state index >= 15 is 0 Å². The highest BCUT2D eigenvalue weighted by Crippen LogP contribution is 2.17. The summed E-state index contributed by atoms with van der Waals surface area (Å²) < 4.78 is 7.72. The lowest BCUT2D eigenvalue weighted by atomic mass is 10.4. The van der Waals surface area contributed by atoms with Crippen LogP contribution >= 0.6 is 11.6 Å². The normalized spacial score (nSPS) is 12.4. The summed E-state index contributed by atoms with van der Waals surface area (Å²) in [6.45, 7) is 1.91. The molecule has 3 aromatic heterocycles. The molecular formula is C17H16ClN7O5. The molecule has 2 N–H and O–H groups in total. The van der Waals surface area contributed by atoms with Crippen LogP contribution < -0.4 is 16.7 Å². The standard InChI is InChI=1S/C17H16ClN7O5/c1-10(18)7-9-24-13-14(23(2)17(27)21-15(13)26)20-16(24)22-19-8-3-4-11-5-6-12(30-11)25(28)29/h3-8H,9H2,1-2H3,(H,20,22)(H,21,26,27)/b4-3+,10-7-,19-8-. The van der Waals surface area contributed by atoms with Gasteiger partial charge in [-0.1, -0.05) is 17.7 Å². The number of aromatic amines is 1. The monoisotopic (exact) mass is 433 g/mol. The van der Waals surface area contributed by atoms with Crippen LogP contribution in [0, 0.1) is 10.1 Å². The Bertz CT molecular complexity index is 1300. The van der Waals surface area contributed by atoms with E-state index in [0.717, 1.165) is 0 Å². The molecule has 12 nitrogen and oxygen atoms in total. The van der Waals surface area contributed by atoms with Crippen LogP contribution in [0.15, 0.2) is 48.4 Å². The number of aryl methyl sites for hydroxylation is 1. The molecule has 0 aliphatic heterocycles. The largest absolute Gasteiger partial charge is 0.433 e. The van der Waals surface area contributed by atoms with Gasteiger partial charge in [0.25, 0.3) is 5.56 Å². The predicted molar refractivity (Wildman–Crippen MR) is 112 cm³/mol. The fourth-order valence-corrected chi connectivity index (χ4v) is 2.59. The number of fused-ring (bicyclic) bond motifs is 1. The molecular weight excluding hydrogens is 418 g/mol. The third-order valence-corrected chi connectivity index (χ3v) is 4.09. The summed E-state index contributed by atoms with van der Waals surface area (Å²) in [7, 11) is 1.49. The molecule has 3 rings (SSSR count). The van der Waals surface area contributed by atoms with Gasteiger partial charge in [0, 0.05) is 24.8 Å². The van der Waals surface area contributed by atoms with E-state index in [-0.39, 0.29) is 35.3 Å². The highest BCUT2D eigenvalue weighted by Gasteiger charge is 2.16. The van der Waals surface area contributed by atoms with E-state index < -0.39 is 16.2 Å². The Kier molecular flexibility index (Phi) is 5.97. The first-order chi connectivity index (χ1) is 14.3. The number of furan rings is 1. The number of anilines is 1. The fraction of sp³-hybridized carbons (Fsp3) is 0.176. The lowest BCUT2D eigenvalue weighted by Gasteiger charge is -2.05. The second kappa shape index (κ2) is 8.61. The van der Waals surface area contributed by atoms with Crippen LogP contribution in [0.2, 0.25) is 0 Å². The molecule has 0 aliphatic rings. The summed E-state index contributed by atoms with van der Waals surface area (Å²) in [5.41, 5.74) is 1.89. The number of rotatable bonds is 7. The van der Waals surface area contributed by atoms with Crippen LogP contribution in [0.25, 0.3) is 17.2 Å². The van der Waals surface area contributed by atoms with Gasteiger partial charge in [-0.05, 0) is 25.1 Å². The van der Waals surface area contributed by atoms with E-state index in [0.29, 0.717) is 5.03 Å². The van der Waals surface area contributed by atoms with E-state index in [4.69, 9.17) is 16.0 Å². The molecule has 13 heteroatoms. The van der Waals surface area contributed by atoms with Gasteiger partial charge in [0.2, 0.25) is 5.95 Å². The van der Waals surface area contributed by atoms with Gasteiger partial charge < -0.3 is 4.42 Å². The number of allylic oxidation sites excluding steroid dienone is 3. The van der Waals surface area contributed by atoms with Crippen molar-refractivity contribution in [1.82, 2.24) is 19.1 Å². The predicted octanol–water partition coefficient (Wildman–Crippen LogP) is 2.18. The molecule has 0 fully saturated rings. The second-order valence-corrected chi connectivity index (χ2v) is 6.61. The number of nitrogens with zero attached hydrogens (tertiary/aromatic N) is 5. The van der Waals surface area contributed by atoms with E-state index in [1.807, 2.05) is 0 Å². The van der Waals surface area contributed by atoms with Crippen molar-refractivity contribution >= 4 is 46.9 Å². The molecule has 0 aliphatic carbocycles. The van der Waals surface area contributed by atoms with Gasteiger partial charge in [-0.15, -0.1) is 0 Å². The SMILES string of the molecule is C/C(Cl)=C/Cn1c(N/N=C\C=C\c2ccc([N+](=O)[O-])o2)nc2c1c(=O)[nH]c(=O)n2C. The average molecular weight is 434 g/mol. The molecule has 3 aromatic rings. The lowest BCUT2D eigenvalue weighted by molar-refractivity contribution is -0.402. The molecule has 156 valence electrons. The third-order valence-electron chi connectivity index (χ3n) is 3.94. The molecule has 0 amide bonds. The third kappa shape index (κ3) is 4.38. The highest BCUT2D eigenvalue weighted by atomic mass is 35.5. The molecule has 0 atom stereocenters. The number of halogens is 1. The van der Waals surface area contributed by atoms with Crippen molar-refractivity contribution in [3.05, 3.63) is 66.0 Å². The first kappa shape index (κ1) is 20.8. The number of imidazole rings is 1. The minimum absolute atomic E-state index is 0.181. The Labute approximate surface area is 172 Å². The number of nitrogens with one attached hydrogen (secondary N) is 2. The van der Waals surface area contributed by atoms with Crippen LogP contribution in [-0.4, -0.2) is 30.2 Å². The topological polar surface area (TPSA) is 153 Å². The van der Waals surface area contributed by atoms with Crippen molar-refractivity contribution < 1.29 is 9.34 Å². The summed E-state index contributed by atoms with van der Waals surface area (Å²) in [5, 5.41) is 15.1. The van der Waals surface area contributed by atoms with Gasteiger partial charge >= 0.3 is 11.6 Å². The zero-order valence-electron chi connectivity index (χ0n) is 15.8. The summed E-state index contributed by atoms with van der Waals surface area (Å²) >= 11 is 5.90. The smallest absolute Gasteiger partial charge is 0.401 e. The van der Waals surface area contributed by atoms with Crippen molar-refractivity contribution in [2.75, 3.05) is 5.43 Å². The van der Waals surface area contributed by atoms with Crippen LogP contribution in [0.5, 0.6) is 0 Å². The number of hydrazone groups is 1. The number of nitro groups is 1. The molecule has 0 radical (unpaired) electrons. The molecule has 0 spiro atoms. The number of hydrogen-bond donors (Lipinski definition) is 2. The van der Waals surface area contributed by atoms with Crippen LogP contribution in [0.1, 0.15) is 12.7 Å². The molecule has 0 saturated carbocycles. The summed E-state index contributed by atoms with van der Waals surface area (Å²) in [6.07, 6.45) is 6.01. The molecule has 0 unspecified atom stereocenters. The zero-order valence-corrected chi connectivity index (χ0v) is 16.6. The Morgan fingerprint density at radius 1 is 1.47 bits per heavy atom. The Balaban J connectivity index is 1.88. The van der Waals surface area contributed by atoms with Gasteiger partial charge in [-0.3, -0.25) is 29.0 Å². The maximum atomic E-state index is 12.3. The summed E-state index contributed by atoms with van der Waals surface area (Å²) in [4.78, 5) is 40.6. The first-order valence-corrected chi connectivity index (χ1v) is 8.87. The first-order valence-electron chi connectivity index (χ1n) is 8.49. The summed E-state index contributed by atoms with van der Waals surface area (Å²) in [6, 6.07) is 2.69. The Morgan fingerprint density at radius 2 is 2.23 bits per heavy atom. The average Bonchev–Trinajstić information content (AvgIpc) is 3.29. The Morgan fingerprint density at radius 3 is 2.90 bits per heavy atom. The Hall–Kier alpha value is -3.93. The summed E-state index contributed by atoms with van der Waals surface area (Å²) in [5.74, 6) is 0.130. The zero-order chi connectivity index (χ0) is 21.8. The highest BCUT2D eigenvalue weighted by molar-refractivity contribution is 6.29. The fourth-order valence-electron chi connectivity index (χ4n) is 2.52. The quantitative estimate of drug-likeness (QED) is 0.329. The van der Waals surface area contributed by atoms with Crippen molar-refractivity contribution in [2.24, 2.45) is 12.1 Å². The second-order valence-electron chi connectivity index (χ2n) is 6.01. The molecule has 30 heavy (non-hydrogen) atoms. The van der Waals surface area contributed by atoms with Crippen LogP contribution in [-0.2, 0) is 13.6 Å². The van der Waals surface area contributed by atoms with Crippen molar-refractivity contribution in [3.63, 3.8) is 0 Å². The van der Waals surface area contributed by atoms with Crippen LogP contribution in [0.4, 0.5) is 11.8 Å². The van der Waals surface area contributed by atoms with E-state index in [1.54, 1.807) is 13.0 Å². The molecule has 0 aromatic carbocycles. The van der Waals surface area contributed by atoms with Gasteiger partial charge in [0.05, 0.1) is 6.07 Å². The number of aromatic nitrogens is 4. The maximum Gasteiger partial charge on any atom is 0.433 e. The molecule has 0 bridgehead atoms. The van der Waals surface area contributed by atoms with E-state index in [9.17, 15) is 19.7 Å². The van der Waals surface area contributed by atoms with Gasteiger partial charge in [0.1, 0.15) is 10.7 Å². The van der Waals surface area contributed by atoms with Crippen LogP contribution in [0.3, 0.4) is 0 Å². The van der Waals surface area contributed by atoms with Gasteiger partial charge in [-0.2, -0.15) is 10.1 Å².